The molecule has 34 heavy (non-hydrogen) atoms. The van der Waals surface area contributed by atoms with Gasteiger partial charge in [0.2, 0.25) is 0 Å². The number of alkyl halides is 3. The standard InChI is InChI=1S/C23H20F4N2O4S/c1-14-3-10-20(21(11-14)33-13-23(25,26)27)28-22(30)16-4-6-17(7-5-16)29-34(31,32)18-8-9-19(24)15(2)12-18/h3-12,29H,13H2,1-2H3,(H,28,30). The first-order valence-electron chi connectivity index (χ1n) is 9.85. The van der Waals surface area contributed by atoms with Gasteiger partial charge in [-0.2, -0.15) is 13.2 Å². The third kappa shape index (κ3) is 6.47. The summed E-state index contributed by atoms with van der Waals surface area (Å²) in [7, 11) is -3.99. The van der Waals surface area contributed by atoms with Crippen LogP contribution in [0.5, 0.6) is 5.75 Å². The molecule has 3 rings (SSSR count). The van der Waals surface area contributed by atoms with Gasteiger partial charge in [-0.05, 0) is 79.6 Å². The second-order valence-corrected chi connectivity index (χ2v) is 9.13. The molecule has 0 fully saturated rings. The van der Waals surface area contributed by atoms with Crippen LogP contribution in [0.3, 0.4) is 0 Å². The molecular weight excluding hydrogens is 476 g/mol. The number of halogens is 4. The number of anilines is 2. The van der Waals surface area contributed by atoms with Crippen LogP contribution in [0.4, 0.5) is 28.9 Å². The molecule has 0 aliphatic carbocycles. The molecule has 1 amide bonds. The highest BCUT2D eigenvalue weighted by Gasteiger charge is 2.29. The van der Waals surface area contributed by atoms with Crippen molar-refractivity contribution in [3.05, 3.63) is 83.2 Å². The third-order valence-corrected chi connectivity index (χ3v) is 5.99. The molecule has 2 N–H and O–H groups in total. The summed E-state index contributed by atoms with van der Waals surface area (Å²) in [6, 6.07) is 13.1. The number of aryl methyl sites for hydroxylation is 2. The first kappa shape index (κ1) is 25.0. The fraction of sp³-hybridized carbons (Fsp3) is 0.174. The van der Waals surface area contributed by atoms with Crippen molar-refractivity contribution in [1.82, 2.24) is 0 Å². The predicted octanol–water partition coefficient (Wildman–Crippen LogP) is 5.44. The van der Waals surface area contributed by atoms with Crippen LogP contribution < -0.4 is 14.8 Å². The van der Waals surface area contributed by atoms with Crippen LogP contribution in [0.1, 0.15) is 21.5 Å². The van der Waals surface area contributed by atoms with E-state index in [1.807, 2.05) is 0 Å². The van der Waals surface area contributed by atoms with E-state index in [2.05, 4.69) is 10.0 Å². The highest BCUT2D eigenvalue weighted by Crippen LogP contribution is 2.28. The number of amides is 1. The van der Waals surface area contributed by atoms with Gasteiger partial charge < -0.3 is 10.1 Å². The number of hydrogen-bond donors (Lipinski definition) is 2. The maximum Gasteiger partial charge on any atom is 0.422 e. The molecule has 3 aromatic rings. The number of sulfonamides is 1. The van der Waals surface area contributed by atoms with Crippen molar-refractivity contribution in [1.29, 1.82) is 0 Å². The number of rotatable bonds is 7. The van der Waals surface area contributed by atoms with Crippen molar-refractivity contribution in [2.75, 3.05) is 16.6 Å². The number of carbonyl (C=O) groups excluding carboxylic acids is 1. The molecule has 0 bridgehead atoms. The smallest absolute Gasteiger partial charge is 0.422 e. The first-order chi connectivity index (χ1) is 15.8. The van der Waals surface area contributed by atoms with E-state index in [4.69, 9.17) is 4.74 Å². The Morgan fingerprint density at radius 1 is 0.971 bits per heavy atom. The highest BCUT2D eigenvalue weighted by molar-refractivity contribution is 7.92. The lowest BCUT2D eigenvalue weighted by molar-refractivity contribution is -0.153. The minimum Gasteiger partial charge on any atom is -0.482 e. The lowest BCUT2D eigenvalue weighted by Crippen LogP contribution is -2.20. The molecular formula is C23H20F4N2O4S. The van der Waals surface area contributed by atoms with Crippen molar-refractivity contribution in [3.8, 4) is 5.75 Å². The fourth-order valence-electron chi connectivity index (χ4n) is 2.89. The largest absolute Gasteiger partial charge is 0.482 e. The lowest BCUT2D eigenvalue weighted by atomic mass is 10.1. The molecule has 0 aliphatic heterocycles. The second-order valence-electron chi connectivity index (χ2n) is 7.45. The van der Waals surface area contributed by atoms with Crippen LogP contribution in [0.25, 0.3) is 0 Å². The van der Waals surface area contributed by atoms with Crippen molar-refractivity contribution in [2.45, 2.75) is 24.9 Å². The van der Waals surface area contributed by atoms with E-state index in [0.717, 1.165) is 12.1 Å². The van der Waals surface area contributed by atoms with Crippen molar-refractivity contribution < 1.29 is 35.5 Å². The van der Waals surface area contributed by atoms with Gasteiger partial charge in [0.15, 0.2) is 6.61 Å². The molecule has 0 saturated carbocycles. The Morgan fingerprint density at radius 3 is 2.26 bits per heavy atom. The Hall–Kier alpha value is -3.60. The number of carbonyl (C=O) groups is 1. The molecule has 0 aliphatic rings. The van der Waals surface area contributed by atoms with Gasteiger partial charge in [0.25, 0.3) is 15.9 Å². The molecule has 11 heteroatoms. The van der Waals surface area contributed by atoms with Gasteiger partial charge in [0.05, 0.1) is 10.6 Å². The highest BCUT2D eigenvalue weighted by atomic mass is 32.2. The number of benzene rings is 3. The Kier molecular flexibility index (Phi) is 7.15. The third-order valence-electron chi connectivity index (χ3n) is 4.62. The van der Waals surface area contributed by atoms with Crippen LogP contribution in [0.15, 0.2) is 65.6 Å². The molecule has 0 atom stereocenters. The van der Waals surface area contributed by atoms with Crippen LogP contribution >= 0.6 is 0 Å². The van der Waals surface area contributed by atoms with Crippen LogP contribution in [0.2, 0.25) is 0 Å². The average molecular weight is 496 g/mol. The quantitative estimate of drug-likeness (QED) is 0.427. The molecule has 0 unspecified atom stereocenters. The first-order valence-corrected chi connectivity index (χ1v) is 11.3. The molecule has 180 valence electrons. The van der Waals surface area contributed by atoms with Gasteiger partial charge in [-0.3, -0.25) is 9.52 Å². The monoisotopic (exact) mass is 496 g/mol. The summed E-state index contributed by atoms with van der Waals surface area (Å²) in [5.41, 5.74) is 1.15. The van der Waals surface area contributed by atoms with Gasteiger partial charge >= 0.3 is 6.18 Å². The lowest BCUT2D eigenvalue weighted by Gasteiger charge is -2.15. The van der Waals surface area contributed by atoms with E-state index >= 15 is 0 Å². The average Bonchev–Trinajstić information content (AvgIpc) is 2.75. The summed E-state index contributed by atoms with van der Waals surface area (Å²) in [5, 5.41) is 2.49. The summed E-state index contributed by atoms with van der Waals surface area (Å²) in [5.74, 6) is -1.30. The SMILES string of the molecule is Cc1ccc(NC(=O)c2ccc(NS(=O)(=O)c3ccc(F)c(C)c3)cc2)c(OCC(F)(F)F)c1. The van der Waals surface area contributed by atoms with E-state index in [0.29, 0.717) is 5.56 Å². The van der Waals surface area contributed by atoms with Gasteiger partial charge in [0.1, 0.15) is 11.6 Å². The number of nitrogens with one attached hydrogen (secondary N) is 2. The van der Waals surface area contributed by atoms with Crippen molar-refractivity contribution in [2.24, 2.45) is 0 Å². The van der Waals surface area contributed by atoms with Crippen LogP contribution in [0, 0.1) is 19.7 Å². The zero-order valence-corrected chi connectivity index (χ0v) is 18.9. The minimum atomic E-state index is -4.54. The number of ether oxygens (including phenoxy) is 1. The summed E-state index contributed by atoms with van der Waals surface area (Å²) in [4.78, 5) is 12.5. The molecule has 6 nitrogen and oxygen atoms in total. The molecule has 3 aromatic carbocycles. The molecule has 0 aromatic heterocycles. The van der Waals surface area contributed by atoms with E-state index in [1.54, 1.807) is 13.0 Å². The van der Waals surface area contributed by atoms with E-state index in [1.165, 1.54) is 49.4 Å². The summed E-state index contributed by atoms with van der Waals surface area (Å²) in [6.07, 6.45) is -4.54. The zero-order chi connectivity index (χ0) is 25.1. The molecule has 0 heterocycles. The maximum atomic E-state index is 13.4. The van der Waals surface area contributed by atoms with E-state index < -0.39 is 34.5 Å². The van der Waals surface area contributed by atoms with E-state index in [9.17, 15) is 30.8 Å². The van der Waals surface area contributed by atoms with Crippen LogP contribution in [-0.4, -0.2) is 27.1 Å². The minimum absolute atomic E-state index is 0.0521. The Bertz CT molecular complexity index is 1310. The van der Waals surface area contributed by atoms with Gasteiger partial charge in [-0.25, -0.2) is 12.8 Å². The summed E-state index contributed by atoms with van der Waals surface area (Å²) >= 11 is 0. The Morgan fingerprint density at radius 2 is 1.65 bits per heavy atom. The maximum absolute atomic E-state index is 13.4. The molecule has 0 spiro atoms. The topological polar surface area (TPSA) is 84.5 Å². The van der Waals surface area contributed by atoms with Crippen LogP contribution in [-0.2, 0) is 10.0 Å². The van der Waals surface area contributed by atoms with E-state index in [-0.39, 0.29) is 33.1 Å². The Balaban J connectivity index is 1.73. The number of hydrogen-bond acceptors (Lipinski definition) is 4. The van der Waals surface area contributed by atoms with Gasteiger partial charge in [0, 0.05) is 11.3 Å². The fourth-order valence-corrected chi connectivity index (χ4v) is 4.04. The normalized spacial score (nSPS) is 11.7. The van der Waals surface area contributed by atoms with Gasteiger partial charge in [-0.1, -0.05) is 6.07 Å². The molecule has 0 saturated heterocycles. The Labute approximate surface area is 193 Å². The second kappa shape index (κ2) is 9.72. The van der Waals surface area contributed by atoms with Gasteiger partial charge in [-0.15, -0.1) is 0 Å². The summed E-state index contributed by atoms with van der Waals surface area (Å²) < 4.78 is 83.2. The zero-order valence-electron chi connectivity index (χ0n) is 18.0. The molecule has 0 radical (unpaired) electrons. The predicted molar refractivity (Wildman–Crippen MR) is 119 cm³/mol. The van der Waals surface area contributed by atoms with Crippen molar-refractivity contribution in [3.63, 3.8) is 0 Å². The van der Waals surface area contributed by atoms with Crippen molar-refractivity contribution >= 4 is 27.3 Å². The summed E-state index contributed by atoms with van der Waals surface area (Å²) in [6.45, 7) is 1.59.